The fraction of sp³-hybridized carbons (Fsp3) is 0.423. The van der Waals surface area contributed by atoms with Gasteiger partial charge in [-0.3, -0.25) is 4.79 Å². The molecule has 1 aliphatic heterocycles. The number of benzene rings is 2. The summed E-state index contributed by atoms with van der Waals surface area (Å²) < 4.78 is 5.92. The lowest BCUT2D eigenvalue weighted by Crippen LogP contribution is -2.51. The van der Waals surface area contributed by atoms with Gasteiger partial charge < -0.3 is 19.6 Å². The molecule has 0 radical (unpaired) electrons. The Morgan fingerprint density at radius 3 is 2.32 bits per heavy atom. The maximum atomic E-state index is 12.3. The topological polar surface area (TPSA) is 53.0 Å². The van der Waals surface area contributed by atoms with Crippen molar-refractivity contribution in [1.82, 2.24) is 9.80 Å². The second-order valence-corrected chi connectivity index (χ2v) is 9.12. The predicted octanol–water partition coefficient (Wildman–Crippen LogP) is 3.78. The van der Waals surface area contributed by atoms with Crippen molar-refractivity contribution in [3.63, 3.8) is 0 Å². The van der Waals surface area contributed by atoms with Crippen LogP contribution in [0.3, 0.4) is 0 Å². The van der Waals surface area contributed by atoms with Crippen molar-refractivity contribution < 1.29 is 14.6 Å². The number of carbonyl (C=O) groups excluding carboxylic acids is 1. The van der Waals surface area contributed by atoms with Crippen LogP contribution in [0.1, 0.15) is 31.2 Å². The maximum Gasteiger partial charge on any atom is 0.254 e. The fourth-order valence-electron chi connectivity index (χ4n) is 4.11. The first kappa shape index (κ1) is 20.1. The molecule has 5 nitrogen and oxygen atoms in total. The Morgan fingerprint density at radius 1 is 1.00 bits per heavy atom. The van der Waals surface area contributed by atoms with Gasteiger partial charge in [0.05, 0.1) is 6.61 Å². The fourth-order valence-corrected chi connectivity index (χ4v) is 4.11. The highest BCUT2D eigenvalue weighted by Gasteiger charge is 2.50. The molecule has 2 aromatic rings. The van der Waals surface area contributed by atoms with Crippen molar-refractivity contribution in [3.8, 4) is 16.9 Å². The number of piperazine rings is 1. The molecule has 2 aromatic carbocycles. The van der Waals surface area contributed by atoms with E-state index in [1.165, 1.54) is 12.8 Å². The normalized spacial score (nSPS) is 19.8. The number of hydrogen-bond acceptors (Lipinski definition) is 4. The van der Waals surface area contributed by atoms with E-state index in [0.29, 0.717) is 25.9 Å². The molecular weight excluding hydrogens is 388 g/mol. The van der Waals surface area contributed by atoms with Gasteiger partial charge in [0, 0.05) is 31.9 Å². The molecule has 0 unspecified atom stereocenters. The van der Waals surface area contributed by atoms with E-state index in [9.17, 15) is 9.90 Å². The Hall–Kier alpha value is -2.79. The van der Waals surface area contributed by atoms with Crippen LogP contribution in [0.4, 0.5) is 0 Å². The zero-order valence-corrected chi connectivity index (χ0v) is 17.9. The predicted molar refractivity (Wildman–Crippen MR) is 121 cm³/mol. The molecule has 0 bridgehead atoms. The molecule has 162 valence electrons. The van der Waals surface area contributed by atoms with Gasteiger partial charge in [0.1, 0.15) is 11.4 Å². The first-order valence-corrected chi connectivity index (χ1v) is 11.3. The minimum Gasteiger partial charge on any atom is -0.493 e. The smallest absolute Gasteiger partial charge is 0.254 e. The first-order valence-electron chi connectivity index (χ1n) is 11.3. The van der Waals surface area contributed by atoms with Crippen molar-refractivity contribution in [2.75, 3.05) is 32.8 Å². The summed E-state index contributed by atoms with van der Waals surface area (Å²) in [7, 11) is 0. The average molecular weight is 419 g/mol. The second kappa shape index (κ2) is 8.04. The molecule has 1 saturated heterocycles. The van der Waals surface area contributed by atoms with Crippen LogP contribution in [0.25, 0.3) is 16.8 Å². The van der Waals surface area contributed by atoms with E-state index in [0.717, 1.165) is 53.8 Å². The molecule has 0 atom stereocenters. The Kier molecular flexibility index (Phi) is 5.22. The Morgan fingerprint density at radius 2 is 1.68 bits per heavy atom. The molecule has 2 aliphatic carbocycles. The Balaban J connectivity index is 1.19. The highest BCUT2D eigenvalue weighted by molar-refractivity contribution is 5.88. The van der Waals surface area contributed by atoms with Gasteiger partial charge in [-0.1, -0.05) is 43.0 Å². The average Bonchev–Trinajstić information content (AvgIpc) is 3.75. The third-order valence-corrected chi connectivity index (χ3v) is 6.64. The van der Waals surface area contributed by atoms with Gasteiger partial charge in [0.15, 0.2) is 0 Å². The summed E-state index contributed by atoms with van der Waals surface area (Å²) in [4.78, 5) is 16.3. The number of aliphatic hydroxyl groups is 1. The van der Waals surface area contributed by atoms with E-state index < -0.39 is 5.60 Å². The van der Waals surface area contributed by atoms with E-state index >= 15 is 0 Å². The summed E-state index contributed by atoms with van der Waals surface area (Å²) in [6.45, 7) is 7.86. The van der Waals surface area contributed by atoms with Gasteiger partial charge >= 0.3 is 0 Å². The first-order chi connectivity index (χ1) is 15.0. The lowest BCUT2D eigenvalue weighted by molar-refractivity contribution is -0.143. The highest BCUT2D eigenvalue weighted by atomic mass is 16.5. The molecule has 1 amide bonds. The van der Waals surface area contributed by atoms with Gasteiger partial charge in [-0.15, -0.1) is 0 Å². The highest BCUT2D eigenvalue weighted by Crippen LogP contribution is 2.37. The van der Waals surface area contributed by atoms with Crippen LogP contribution in [0.15, 0.2) is 55.1 Å². The molecular formula is C26H30N2O3. The van der Waals surface area contributed by atoms with Crippen LogP contribution in [0.5, 0.6) is 5.75 Å². The van der Waals surface area contributed by atoms with Crippen LogP contribution < -0.4 is 4.74 Å². The lowest BCUT2D eigenvalue weighted by Gasteiger charge is -2.38. The molecule has 2 saturated carbocycles. The van der Waals surface area contributed by atoms with Crippen LogP contribution in [0.2, 0.25) is 0 Å². The summed E-state index contributed by atoms with van der Waals surface area (Å²) in [5, 5.41) is 10.1. The lowest BCUT2D eigenvalue weighted by atomic mass is 10.0. The standard InChI is InChI=1S/C26H30N2O3/c1-19(27-13-15-28(16-14-27)25(29)26(30)11-12-26)21-7-9-22(10-8-21)23-3-2-4-24(17-23)31-18-20-5-6-20/h2-4,7-10,17,20,30H,1,5-6,11-16,18H2. The molecule has 1 N–H and O–H groups in total. The van der Waals surface area contributed by atoms with E-state index in [1.807, 2.05) is 12.1 Å². The molecule has 5 heteroatoms. The molecule has 1 heterocycles. The van der Waals surface area contributed by atoms with E-state index in [1.54, 1.807) is 4.90 Å². The minimum atomic E-state index is -1.07. The third-order valence-electron chi connectivity index (χ3n) is 6.64. The summed E-state index contributed by atoms with van der Waals surface area (Å²) in [5.41, 5.74) is 3.29. The second-order valence-electron chi connectivity index (χ2n) is 9.12. The van der Waals surface area contributed by atoms with E-state index in [2.05, 4.69) is 47.9 Å². The minimum absolute atomic E-state index is 0.106. The summed E-state index contributed by atoms with van der Waals surface area (Å²) in [6.07, 6.45) is 3.78. The number of nitrogens with zero attached hydrogens (tertiary/aromatic N) is 2. The number of amides is 1. The number of hydrogen-bond donors (Lipinski definition) is 1. The van der Waals surface area contributed by atoms with Gasteiger partial charge in [0.25, 0.3) is 5.91 Å². The zero-order chi connectivity index (χ0) is 21.4. The van der Waals surface area contributed by atoms with Crippen LogP contribution in [0, 0.1) is 5.92 Å². The van der Waals surface area contributed by atoms with Gasteiger partial charge in [-0.2, -0.15) is 0 Å². The molecule has 5 rings (SSSR count). The quantitative estimate of drug-likeness (QED) is 0.744. The third kappa shape index (κ3) is 4.47. The van der Waals surface area contributed by atoms with Crippen LogP contribution in [-0.2, 0) is 4.79 Å². The van der Waals surface area contributed by atoms with Crippen molar-refractivity contribution in [2.24, 2.45) is 5.92 Å². The van der Waals surface area contributed by atoms with Gasteiger partial charge in [-0.25, -0.2) is 0 Å². The monoisotopic (exact) mass is 418 g/mol. The molecule has 31 heavy (non-hydrogen) atoms. The zero-order valence-electron chi connectivity index (χ0n) is 17.9. The van der Waals surface area contributed by atoms with E-state index in [4.69, 9.17) is 4.74 Å². The van der Waals surface area contributed by atoms with Gasteiger partial charge in [-0.05, 0) is 60.4 Å². The Bertz CT molecular complexity index is 968. The van der Waals surface area contributed by atoms with Gasteiger partial charge in [0.2, 0.25) is 0 Å². The summed E-state index contributed by atoms with van der Waals surface area (Å²) in [6, 6.07) is 16.8. The maximum absolute atomic E-state index is 12.3. The Labute approximate surface area is 183 Å². The van der Waals surface area contributed by atoms with Crippen LogP contribution in [-0.4, -0.2) is 59.2 Å². The number of carbonyl (C=O) groups is 1. The molecule has 3 aliphatic rings. The van der Waals surface area contributed by atoms with Crippen molar-refractivity contribution in [2.45, 2.75) is 31.3 Å². The molecule has 3 fully saturated rings. The number of rotatable bonds is 7. The summed E-state index contributed by atoms with van der Waals surface area (Å²) >= 11 is 0. The summed E-state index contributed by atoms with van der Waals surface area (Å²) in [5.74, 6) is 1.57. The van der Waals surface area contributed by atoms with E-state index in [-0.39, 0.29) is 5.91 Å². The van der Waals surface area contributed by atoms with Crippen molar-refractivity contribution in [1.29, 1.82) is 0 Å². The van der Waals surface area contributed by atoms with Crippen molar-refractivity contribution in [3.05, 3.63) is 60.7 Å². The largest absolute Gasteiger partial charge is 0.493 e. The van der Waals surface area contributed by atoms with Crippen LogP contribution >= 0.6 is 0 Å². The molecule has 0 aromatic heterocycles. The SMILES string of the molecule is C=C(c1ccc(-c2cccc(OCC3CC3)c2)cc1)N1CCN(C(=O)C2(O)CC2)CC1. The number of ether oxygens (including phenoxy) is 1. The molecule has 0 spiro atoms. The van der Waals surface area contributed by atoms with Crippen molar-refractivity contribution >= 4 is 11.6 Å².